The molecule has 7 nitrogen and oxygen atoms in total. The Hall–Kier alpha value is -1.55. The number of nitrogens with zero attached hydrogens (tertiary/aromatic N) is 3. The van der Waals surface area contributed by atoms with E-state index in [4.69, 9.17) is 4.74 Å². The Labute approximate surface area is 205 Å². The highest BCUT2D eigenvalue weighted by atomic mass is 127. The van der Waals surface area contributed by atoms with E-state index in [-0.39, 0.29) is 35.9 Å². The maximum atomic E-state index is 12.3. The van der Waals surface area contributed by atoms with E-state index in [0.717, 1.165) is 63.6 Å². The van der Waals surface area contributed by atoms with Crippen molar-refractivity contribution in [1.29, 1.82) is 0 Å². The smallest absolute Gasteiger partial charge is 0.239 e. The van der Waals surface area contributed by atoms with Crippen molar-refractivity contribution in [2.75, 3.05) is 54.4 Å². The van der Waals surface area contributed by atoms with Gasteiger partial charge in [0.05, 0.1) is 13.2 Å². The first-order valence-electron chi connectivity index (χ1n) is 11.0. The van der Waals surface area contributed by atoms with E-state index in [1.54, 1.807) is 19.1 Å². The second-order valence-corrected chi connectivity index (χ2v) is 8.17. The highest BCUT2D eigenvalue weighted by Crippen LogP contribution is 2.21. The van der Waals surface area contributed by atoms with Gasteiger partial charge in [0.25, 0.3) is 0 Å². The van der Waals surface area contributed by atoms with Crippen molar-refractivity contribution < 1.29 is 9.53 Å². The summed E-state index contributed by atoms with van der Waals surface area (Å²) in [7, 11) is 7.17. The molecule has 0 radical (unpaired) electrons. The Bertz CT molecular complexity index is 681. The van der Waals surface area contributed by atoms with Crippen LogP contribution in [0.15, 0.2) is 29.3 Å². The molecule has 0 bridgehead atoms. The molecular formula is C23H40IN5O2. The van der Waals surface area contributed by atoms with Crippen molar-refractivity contribution in [3.05, 3.63) is 29.8 Å². The molecule has 176 valence electrons. The molecule has 31 heavy (non-hydrogen) atoms. The van der Waals surface area contributed by atoms with E-state index in [0.29, 0.717) is 5.92 Å². The monoisotopic (exact) mass is 545 g/mol. The molecule has 0 aliphatic carbocycles. The normalized spacial score (nSPS) is 17.6. The molecule has 1 aromatic rings. The number of rotatable bonds is 10. The fourth-order valence-electron chi connectivity index (χ4n) is 3.89. The molecule has 1 fully saturated rings. The van der Waals surface area contributed by atoms with Crippen LogP contribution in [0.4, 0.5) is 0 Å². The molecule has 1 amide bonds. The number of hydrogen-bond donors (Lipinski definition) is 2. The van der Waals surface area contributed by atoms with Crippen LogP contribution in [0.1, 0.15) is 44.1 Å². The SMILES string of the molecule is CN=C(NCCCN1CCCC1C(=O)N(C)C)NCCC(C)c1ccc(OC)cc1.I. The first-order chi connectivity index (χ1) is 14.5. The van der Waals surface area contributed by atoms with Crippen LogP contribution in [0.3, 0.4) is 0 Å². The number of guanidine groups is 1. The van der Waals surface area contributed by atoms with Gasteiger partial charge in [-0.25, -0.2) is 0 Å². The number of benzene rings is 1. The molecule has 1 heterocycles. The number of carbonyl (C=O) groups is 1. The van der Waals surface area contributed by atoms with Gasteiger partial charge >= 0.3 is 0 Å². The van der Waals surface area contributed by atoms with E-state index in [1.165, 1.54) is 5.56 Å². The maximum Gasteiger partial charge on any atom is 0.239 e. The van der Waals surface area contributed by atoms with Crippen molar-refractivity contribution in [2.45, 2.75) is 44.6 Å². The number of methoxy groups -OCH3 is 1. The van der Waals surface area contributed by atoms with Crippen molar-refractivity contribution in [1.82, 2.24) is 20.4 Å². The number of carbonyl (C=O) groups excluding carboxylic acids is 1. The second kappa shape index (κ2) is 14.5. The standard InChI is InChI=1S/C23H39N5O2.HI/c1-18(19-9-11-20(30-5)12-10-19)13-15-26-23(24-2)25-14-7-17-28-16-6-8-21(28)22(29)27(3)4;/h9-12,18,21H,6-8,13-17H2,1-5H3,(H2,24,25,26);1H. The van der Waals surface area contributed by atoms with E-state index in [2.05, 4.69) is 39.6 Å². The van der Waals surface area contributed by atoms with Gasteiger partial charge in [-0.15, -0.1) is 24.0 Å². The van der Waals surface area contributed by atoms with Gasteiger partial charge in [0.1, 0.15) is 5.75 Å². The minimum Gasteiger partial charge on any atom is -0.497 e. The predicted octanol–water partition coefficient (Wildman–Crippen LogP) is 2.91. The fraction of sp³-hybridized carbons (Fsp3) is 0.652. The quantitative estimate of drug-likeness (QED) is 0.205. The molecule has 2 rings (SSSR count). The number of amides is 1. The summed E-state index contributed by atoms with van der Waals surface area (Å²) in [5, 5.41) is 6.79. The fourth-order valence-corrected chi connectivity index (χ4v) is 3.89. The molecule has 2 unspecified atom stereocenters. The van der Waals surface area contributed by atoms with Gasteiger partial charge in [0.2, 0.25) is 5.91 Å². The molecular weight excluding hydrogens is 505 g/mol. The Morgan fingerprint density at radius 1 is 1.26 bits per heavy atom. The largest absolute Gasteiger partial charge is 0.497 e. The van der Waals surface area contributed by atoms with Gasteiger partial charge in [-0.2, -0.15) is 0 Å². The lowest BCUT2D eigenvalue weighted by Gasteiger charge is -2.26. The van der Waals surface area contributed by atoms with Crippen LogP contribution in [0, 0.1) is 0 Å². The summed E-state index contributed by atoms with van der Waals surface area (Å²) in [5.41, 5.74) is 1.31. The average Bonchev–Trinajstić information content (AvgIpc) is 3.23. The molecule has 1 saturated heterocycles. The summed E-state index contributed by atoms with van der Waals surface area (Å²) in [5.74, 6) is 2.41. The number of aliphatic imine (C=N–C) groups is 1. The van der Waals surface area contributed by atoms with E-state index < -0.39 is 0 Å². The highest BCUT2D eigenvalue weighted by molar-refractivity contribution is 14.0. The molecule has 8 heteroatoms. The van der Waals surface area contributed by atoms with Crippen LogP contribution in [-0.2, 0) is 4.79 Å². The van der Waals surface area contributed by atoms with Crippen molar-refractivity contribution >= 4 is 35.8 Å². The zero-order valence-corrected chi connectivity index (χ0v) is 22.0. The number of nitrogens with one attached hydrogen (secondary N) is 2. The lowest BCUT2D eigenvalue weighted by molar-refractivity contribution is -0.133. The Kier molecular flexibility index (Phi) is 12.9. The molecule has 0 saturated carbocycles. The summed E-state index contributed by atoms with van der Waals surface area (Å²) in [6, 6.07) is 8.33. The third kappa shape index (κ3) is 8.84. The van der Waals surface area contributed by atoms with Gasteiger partial charge in [0, 0.05) is 40.8 Å². The summed E-state index contributed by atoms with van der Waals surface area (Å²) in [4.78, 5) is 20.6. The lowest BCUT2D eigenvalue weighted by atomic mass is 9.98. The molecule has 0 aromatic heterocycles. The summed E-state index contributed by atoms with van der Waals surface area (Å²) >= 11 is 0. The van der Waals surface area contributed by atoms with Crippen LogP contribution in [0.5, 0.6) is 5.75 Å². The minimum atomic E-state index is 0. The minimum absolute atomic E-state index is 0. The zero-order chi connectivity index (χ0) is 21.9. The summed E-state index contributed by atoms with van der Waals surface area (Å²) < 4.78 is 5.23. The number of hydrogen-bond acceptors (Lipinski definition) is 4. The third-order valence-electron chi connectivity index (χ3n) is 5.78. The van der Waals surface area contributed by atoms with E-state index in [9.17, 15) is 4.79 Å². The average molecular weight is 546 g/mol. The van der Waals surface area contributed by atoms with Gasteiger partial charge in [0.15, 0.2) is 5.96 Å². The van der Waals surface area contributed by atoms with Gasteiger partial charge < -0.3 is 20.3 Å². The van der Waals surface area contributed by atoms with Crippen molar-refractivity contribution in [3.63, 3.8) is 0 Å². The van der Waals surface area contributed by atoms with Gasteiger partial charge in [-0.3, -0.25) is 14.7 Å². The Morgan fingerprint density at radius 2 is 1.94 bits per heavy atom. The molecule has 1 aromatic carbocycles. The topological polar surface area (TPSA) is 69.2 Å². The summed E-state index contributed by atoms with van der Waals surface area (Å²) in [6.45, 7) is 5.88. The van der Waals surface area contributed by atoms with Gasteiger partial charge in [-0.05, 0) is 55.8 Å². The Balaban J connectivity index is 0.00000480. The van der Waals surface area contributed by atoms with Crippen LogP contribution in [0.25, 0.3) is 0 Å². The third-order valence-corrected chi connectivity index (χ3v) is 5.78. The molecule has 0 spiro atoms. The van der Waals surface area contributed by atoms with Crippen LogP contribution >= 0.6 is 24.0 Å². The van der Waals surface area contributed by atoms with Crippen LogP contribution in [0.2, 0.25) is 0 Å². The predicted molar refractivity (Wildman–Crippen MR) is 139 cm³/mol. The van der Waals surface area contributed by atoms with Crippen molar-refractivity contribution in [2.24, 2.45) is 4.99 Å². The van der Waals surface area contributed by atoms with E-state index >= 15 is 0 Å². The van der Waals surface area contributed by atoms with Crippen molar-refractivity contribution in [3.8, 4) is 5.75 Å². The number of likely N-dealkylation sites (tertiary alicyclic amines) is 1. The Morgan fingerprint density at radius 3 is 2.55 bits per heavy atom. The highest BCUT2D eigenvalue weighted by Gasteiger charge is 2.30. The zero-order valence-electron chi connectivity index (χ0n) is 19.7. The molecule has 2 atom stereocenters. The number of likely N-dealkylation sites (N-methyl/N-ethyl adjacent to an activating group) is 1. The molecule has 2 N–H and O–H groups in total. The molecule has 1 aliphatic heterocycles. The second-order valence-electron chi connectivity index (χ2n) is 8.17. The maximum absolute atomic E-state index is 12.3. The number of halogens is 1. The molecule has 1 aliphatic rings. The first-order valence-corrected chi connectivity index (χ1v) is 11.0. The first kappa shape index (κ1) is 27.5. The van der Waals surface area contributed by atoms with Gasteiger partial charge in [-0.1, -0.05) is 19.1 Å². The summed E-state index contributed by atoms with van der Waals surface area (Å²) in [6.07, 6.45) is 4.09. The van der Waals surface area contributed by atoms with Crippen LogP contribution in [-0.4, -0.2) is 82.1 Å². The van der Waals surface area contributed by atoms with Crippen LogP contribution < -0.4 is 15.4 Å². The van der Waals surface area contributed by atoms with E-state index in [1.807, 2.05) is 26.2 Å². The lowest BCUT2D eigenvalue weighted by Crippen LogP contribution is -2.44. The number of ether oxygens (including phenoxy) is 1.